The second-order valence-electron chi connectivity index (χ2n) is 6.12. The van der Waals surface area contributed by atoms with Crippen molar-refractivity contribution in [1.29, 1.82) is 0 Å². The SMILES string of the molecule is Cc1cc(C)n(C[C@H](C)CNC(=O)Nc2cccc(Cl)c2[S@@](C)=O)n1. The van der Waals surface area contributed by atoms with Gasteiger partial charge in [-0.15, -0.1) is 0 Å². The van der Waals surface area contributed by atoms with Crippen LogP contribution in [0.15, 0.2) is 29.2 Å². The van der Waals surface area contributed by atoms with Gasteiger partial charge in [0.2, 0.25) is 0 Å². The van der Waals surface area contributed by atoms with Gasteiger partial charge in [0.25, 0.3) is 0 Å². The molecule has 2 amide bonds. The number of carbonyl (C=O) groups excluding carboxylic acids is 1. The Morgan fingerprint density at radius 3 is 2.72 bits per heavy atom. The fourth-order valence-electron chi connectivity index (χ4n) is 2.55. The summed E-state index contributed by atoms with van der Waals surface area (Å²) in [5, 5.41) is 10.3. The van der Waals surface area contributed by atoms with E-state index in [0.717, 1.165) is 17.9 Å². The van der Waals surface area contributed by atoms with Crippen LogP contribution in [0.2, 0.25) is 5.02 Å². The van der Waals surface area contributed by atoms with Crippen LogP contribution in [0.4, 0.5) is 10.5 Å². The van der Waals surface area contributed by atoms with Crippen LogP contribution < -0.4 is 10.6 Å². The lowest BCUT2D eigenvalue weighted by Crippen LogP contribution is -2.34. The summed E-state index contributed by atoms with van der Waals surface area (Å²) < 4.78 is 13.8. The van der Waals surface area contributed by atoms with Crippen molar-refractivity contribution >= 4 is 34.1 Å². The zero-order valence-corrected chi connectivity index (χ0v) is 16.4. The number of rotatable bonds is 6. The van der Waals surface area contributed by atoms with Crippen molar-refractivity contribution in [3.63, 3.8) is 0 Å². The minimum absolute atomic E-state index is 0.211. The Morgan fingerprint density at radius 2 is 2.12 bits per heavy atom. The molecule has 2 atom stereocenters. The lowest BCUT2D eigenvalue weighted by molar-refractivity contribution is 0.249. The zero-order chi connectivity index (χ0) is 18.6. The molecule has 8 heteroatoms. The van der Waals surface area contributed by atoms with E-state index < -0.39 is 10.8 Å². The van der Waals surface area contributed by atoms with Crippen molar-refractivity contribution in [3.8, 4) is 0 Å². The number of carbonyl (C=O) groups is 1. The summed E-state index contributed by atoms with van der Waals surface area (Å²) >= 11 is 6.07. The van der Waals surface area contributed by atoms with Crippen LogP contribution in [0.3, 0.4) is 0 Å². The lowest BCUT2D eigenvalue weighted by atomic mass is 10.2. The van der Waals surface area contributed by atoms with Gasteiger partial charge < -0.3 is 10.6 Å². The number of nitrogens with zero attached hydrogens (tertiary/aromatic N) is 2. The summed E-state index contributed by atoms with van der Waals surface area (Å²) in [6, 6.07) is 6.71. The van der Waals surface area contributed by atoms with Gasteiger partial charge in [-0.2, -0.15) is 5.10 Å². The summed E-state index contributed by atoms with van der Waals surface area (Å²) in [5.74, 6) is 0.211. The van der Waals surface area contributed by atoms with Gasteiger partial charge in [0.1, 0.15) is 0 Å². The van der Waals surface area contributed by atoms with Crippen molar-refractivity contribution in [3.05, 3.63) is 40.7 Å². The van der Waals surface area contributed by atoms with E-state index in [0.29, 0.717) is 22.2 Å². The molecule has 136 valence electrons. The molecule has 2 rings (SSSR count). The Labute approximate surface area is 155 Å². The van der Waals surface area contributed by atoms with Crippen molar-refractivity contribution in [1.82, 2.24) is 15.1 Å². The average molecular weight is 383 g/mol. The summed E-state index contributed by atoms with van der Waals surface area (Å²) in [7, 11) is -1.29. The van der Waals surface area contributed by atoms with Crippen molar-refractivity contribution in [2.75, 3.05) is 18.1 Å². The smallest absolute Gasteiger partial charge is 0.319 e. The number of aromatic nitrogens is 2. The van der Waals surface area contributed by atoms with Gasteiger partial charge in [0.15, 0.2) is 0 Å². The minimum Gasteiger partial charge on any atom is -0.338 e. The molecule has 25 heavy (non-hydrogen) atoms. The Kier molecular flexibility index (Phi) is 6.61. The lowest BCUT2D eigenvalue weighted by Gasteiger charge is -2.15. The first-order valence-corrected chi connectivity index (χ1v) is 9.89. The van der Waals surface area contributed by atoms with Crippen LogP contribution in [-0.2, 0) is 17.3 Å². The maximum atomic E-state index is 12.1. The zero-order valence-electron chi connectivity index (χ0n) is 14.8. The summed E-state index contributed by atoms with van der Waals surface area (Å²) in [6.07, 6.45) is 1.53. The third-order valence-corrected chi connectivity index (χ3v) is 5.14. The molecule has 0 radical (unpaired) electrons. The number of benzene rings is 1. The highest BCUT2D eigenvalue weighted by Gasteiger charge is 2.14. The van der Waals surface area contributed by atoms with E-state index in [1.165, 1.54) is 6.26 Å². The van der Waals surface area contributed by atoms with Gasteiger partial charge >= 0.3 is 6.03 Å². The highest BCUT2D eigenvalue weighted by molar-refractivity contribution is 7.84. The first kappa shape index (κ1) is 19.5. The molecule has 1 aromatic heterocycles. The quantitative estimate of drug-likeness (QED) is 0.804. The van der Waals surface area contributed by atoms with Crippen LogP contribution in [0.1, 0.15) is 18.3 Å². The van der Waals surface area contributed by atoms with E-state index >= 15 is 0 Å². The number of halogens is 1. The third-order valence-electron chi connectivity index (χ3n) is 3.70. The molecule has 0 aliphatic rings. The first-order chi connectivity index (χ1) is 11.8. The molecule has 0 unspecified atom stereocenters. The molecule has 0 aliphatic carbocycles. The van der Waals surface area contributed by atoms with E-state index in [9.17, 15) is 9.00 Å². The molecule has 2 aromatic rings. The molecule has 0 fully saturated rings. The topological polar surface area (TPSA) is 76.0 Å². The molecule has 1 heterocycles. The van der Waals surface area contributed by atoms with Gasteiger partial charge in [-0.25, -0.2) is 4.79 Å². The molecular formula is C17H23ClN4O2S. The number of hydrogen-bond donors (Lipinski definition) is 2. The molecule has 0 spiro atoms. The molecule has 0 aliphatic heterocycles. The van der Waals surface area contributed by atoms with Gasteiger partial charge in [-0.1, -0.05) is 24.6 Å². The monoisotopic (exact) mass is 382 g/mol. The number of amides is 2. The number of hydrogen-bond acceptors (Lipinski definition) is 3. The Balaban J connectivity index is 1.92. The maximum Gasteiger partial charge on any atom is 0.319 e. The van der Waals surface area contributed by atoms with E-state index in [1.54, 1.807) is 18.2 Å². The van der Waals surface area contributed by atoms with E-state index in [-0.39, 0.29) is 11.9 Å². The highest BCUT2D eigenvalue weighted by atomic mass is 35.5. The van der Waals surface area contributed by atoms with Gasteiger partial charge in [0.05, 0.1) is 32.1 Å². The maximum absolute atomic E-state index is 12.1. The Hall–Kier alpha value is -1.86. The molecule has 0 bridgehead atoms. The second kappa shape index (κ2) is 8.49. The van der Waals surface area contributed by atoms with Crippen LogP contribution in [0, 0.1) is 19.8 Å². The summed E-state index contributed by atoms with van der Waals surface area (Å²) in [5.41, 5.74) is 2.54. The van der Waals surface area contributed by atoms with E-state index in [4.69, 9.17) is 11.6 Å². The van der Waals surface area contributed by atoms with Crippen LogP contribution in [-0.4, -0.2) is 32.8 Å². The molecule has 0 saturated carbocycles. The Morgan fingerprint density at radius 1 is 1.40 bits per heavy atom. The van der Waals surface area contributed by atoms with E-state index in [1.807, 2.05) is 31.5 Å². The normalized spacial score (nSPS) is 13.3. The van der Waals surface area contributed by atoms with Crippen LogP contribution in [0.25, 0.3) is 0 Å². The average Bonchev–Trinajstić information content (AvgIpc) is 2.82. The number of aryl methyl sites for hydroxylation is 2. The standard InChI is InChI=1S/C17H23ClN4O2S/c1-11(10-22-13(3)8-12(2)21-22)9-19-17(23)20-15-7-5-6-14(18)16(15)25(4)24/h5-8,11H,9-10H2,1-4H3,(H2,19,20,23)/t11-,25-/m1/s1. The van der Waals surface area contributed by atoms with Crippen LogP contribution >= 0.6 is 11.6 Å². The fourth-order valence-corrected chi connectivity index (χ4v) is 3.82. The Bertz CT molecular complexity index is 791. The number of nitrogens with one attached hydrogen (secondary N) is 2. The predicted octanol–water partition coefficient (Wildman–Crippen LogP) is 3.35. The molecule has 0 saturated heterocycles. The van der Waals surface area contributed by atoms with Gasteiger partial charge in [-0.3, -0.25) is 8.89 Å². The molecule has 6 nitrogen and oxygen atoms in total. The van der Waals surface area contributed by atoms with Crippen LogP contribution in [0.5, 0.6) is 0 Å². The van der Waals surface area contributed by atoms with E-state index in [2.05, 4.69) is 15.7 Å². The van der Waals surface area contributed by atoms with Gasteiger partial charge in [0, 0.05) is 25.0 Å². The third kappa shape index (κ3) is 5.31. The first-order valence-electron chi connectivity index (χ1n) is 7.95. The highest BCUT2D eigenvalue weighted by Crippen LogP contribution is 2.27. The van der Waals surface area contributed by atoms with Crippen molar-refractivity contribution in [2.45, 2.75) is 32.2 Å². The molecular weight excluding hydrogens is 360 g/mol. The number of urea groups is 1. The predicted molar refractivity (Wildman–Crippen MR) is 102 cm³/mol. The van der Waals surface area contributed by atoms with Crippen molar-refractivity contribution < 1.29 is 9.00 Å². The summed E-state index contributed by atoms with van der Waals surface area (Å²) in [4.78, 5) is 12.6. The largest absolute Gasteiger partial charge is 0.338 e. The molecule has 2 N–H and O–H groups in total. The van der Waals surface area contributed by atoms with Crippen molar-refractivity contribution in [2.24, 2.45) is 5.92 Å². The molecule has 1 aromatic carbocycles. The van der Waals surface area contributed by atoms with Gasteiger partial charge in [-0.05, 0) is 38.0 Å². The minimum atomic E-state index is -1.29. The number of anilines is 1. The fraction of sp³-hybridized carbons (Fsp3) is 0.412. The second-order valence-corrected chi connectivity index (χ2v) is 7.84. The summed E-state index contributed by atoms with van der Waals surface area (Å²) in [6.45, 7) is 7.23.